The van der Waals surface area contributed by atoms with Gasteiger partial charge in [-0.25, -0.2) is 4.98 Å². The predicted molar refractivity (Wildman–Crippen MR) is 95.5 cm³/mol. The van der Waals surface area contributed by atoms with Gasteiger partial charge < -0.3 is 14.4 Å². The van der Waals surface area contributed by atoms with E-state index in [9.17, 15) is 9.50 Å². The number of aromatic nitrogens is 2. The molecule has 1 aliphatic heterocycles. The third-order valence-electron chi connectivity index (χ3n) is 4.93. The molecule has 0 radical (unpaired) electrons. The van der Waals surface area contributed by atoms with E-state index in [4.69, 9.17) is 4.74 Å². The molecular weight excluding hydrogens is 321 g/mol. The summed E-state index contributed by atoms with van der Waals surface area (Å²) >= 11 is 0. The Kier molecular flexibility index (Phi) is 4.31. The number of nitrogens with zero attached hydrogens (tertiary/aromatic N) is 3. The van der Waals surface area contributed by atoms with Crippen LogP contribution in [0, 0.1) is 12.9 Å². The fraction of sp³-hybridized carbons (Fsp3) is 0.421. The van der Waals surface area contributed by atoms with Gasteiger partial charge in [-0.15, -0.1) is 0 Å². The van der Waals surface area contributed by atoms with Gasteiger partial charge in [0.1, 0.15) is 5.75 Å². The number of ether oxygens (including phenoxy) is 1. The zero-order valence-electron chi connectivity index (χ0n) is 14.3. The highest BCUT2D eigenvalue weighted by molar-refractivity contribution is 6.09. The minimum atomic E-state index is -0.467. The molecule has 0 atom stereocenters. The molecule has 5 nitrogen and oxygen atoms in total. The van der Waals surface area contributed by atoms with E-state index in [1.54, 1.807) is 12.1 Å². The fourth-order valence-corrected chi connectivity index (χ4v) is 3.77. The highest BCUT2D eigenvalue weighted by Crippen LogP contribution is 2.33. The third-order valence-corrected chi connectivity index (χ3v) is 4.93. The summed E-state index contributed by atoms with van der Waals surface area (Å²) in [6.45, 7) is 7.17. The van der Waals surface area contributed by atoms with Crippen LogP contribution in [0.3, 0.4) is 0 Å². The maximum absolute atomic E-state index is 13.8. The van der Waals surface area contributed by atoms with Crippen molar-refractivity contribution in [3.63, 3.8) is 0 Å². The molecule has 6 heteroatoms. The topological polar surface area (TPSA) is 50.5 Å². The number of pyridine rings is 1. The van der Waals surface area contributed by atoms with Gasteiger partial charge in [0.25, 0.3) is 0 Å². The summed E-state index contributed by atoms with van der Waals surface area (Å²) in [6.07, 6.45) is 0.978. The van der Waals surface area contributed by atoms with Gasteiger partial charge in [0.2, 0.25) is 5.95 Å². The molecule has 0 spiro atoms. The van der Waals surface area contributed by atoms with Crippen molar-refractivity contribution < 1.29 is 14.2 Å². The van der Waals surface area contributed by atoms with E-state index >= 15 is 0 Å². The van der Waals surface area contributed by atoms with Gasteiger partial charge in [0.15, 0.2) is 0 Å². The molecular formula is C19H22FN3O2. The number of hydrogen-bond donors (Lipinski definition) is 1. The lowest BCUT2D eigenvalue weighted by molar-refractivity contribution is 0.0370. The van der Waals surface area contributed by atoms with Gasteiger partial charge >= 0.3 is 0 Å². The second-order valence-electron chi connectivity index (χ2n) is 6.59. The molecule has 1 fully saturated rings. The van der Waals surface area contributed by atoms with Crippen molar-refractivity contribution in [2.45, 2.75) is 19.9 Å². The molecule has 1 aliphatic rings. The maximum Gasteiger partial charge on any atom is 0.213 e. The number of morpholine rings is 1. The highest BCUT2D eigenvalue weighted by Gasteiger charge is 2.16. The van der Waals surface area contributed by atoms with E-state index in [1.165, 1.54) is 6.07 Å². The van der Waals surface area contributed by atoms with Crippen molar-refractivity contribution in [2.24, 2.45) is 0 Å². The number of rotatable bonds is 4. The molecule has 1 saturated heterocycles. The summed E-state index contributed by atoms with van der Waals surface area (Å²) in [4.78, 5) is 6.40. The van der Waals surface area contributed by atoms with E-state index in [2.05, 4.69) is 14.5 Å². The Morgan fingerprint density at radius 2 is 1.96 bits per heavy atom. The van der Waals surface area contributed by atoms with Gasteiger partial charge in [-0.1, -0.05) is 0 Å². The quantitative estimate of drug-likeness (QED) is 0.740. The summed E-state index contributed by atoms with van der Waals surface area (Å²) < 4.78 is 21.4. The SMILES string of the molecule is Cc1nc(F)cc2c3ccc(O)cc3n(CCCN3CCOCC3)c12. The first-order chi connectivity index (χ1) is 12.1. The average Bonchev–Trinajstić information content (AvgIpc) is 2.89. The number of benzene rings is 1. The minimum absolute atomic E-state index is 0.218. The second-order valence-corrected chi connectivity index (χ2v) is 6.59. The third kappa shape index (κ3) is 3.07. The maximum atomic E-state index is 13.8. The monoisotopic (exact) mass is 343 g/mol. The summed E-state index contributed by atoms with van der Waals surface area (Å²) in [6, 6.07) is 6.74. The predicted octanol–water partition coefficient (Wildman–Crippen LogP) is 3.06. The summed E-state index contributed by atoms with van der Waals surface area (Å²) in [5.74, 6) is -0.249. The summed E-state index contributed by atoms with van der Waals surface area (Å²) in [5.41, 5.74) is 2.55. The van der Waals surface area contributed by atoms with E-state index in [0.717, 1.165) is 67.6 Å². The summed E-state index contributed by atoms with van der Waals surface area (Å²) in [5, 5.41) is 11.7. The van der Waals surface area contributed by atoms with E-state index < -0.39 is 5.95 Å². The van der Waals surface area contributed by atoms with Crippen LogP contribution in [0.2, 0.25) is 0 Å². The van der Waals surface area contributed by atoms with Crippen LogP contribution in [-0.2, 0) is 11.3 Å². The van der Waals surface area contributed by atoms with Gasteiger partial charge in [-0.2, -0.15) is 4.39 Å². The first kappa shape index (κ1) is 16.3. The normalized spacial score (nSPS) is 16.1. The van der Waals surface area contributed by atoms with E-state index in [-0.39, 0.29) is 5.75 Å². The molecule has 3 heterocycles. The molecule has 0 amide bonds. The van der Waals surface area contributed by atoms with Crippen molar-refractivity contribution in [3.8, 4) is 5.75 Å². The van der Waals surface area contributed by atoms with Crippen molar-refractivity contribution in [3.05, 3.63) is 35.9 Å². The number of aromatic hydroxyl groups is 1. The van der Waals surface area contributed by atoms with Crippen LogP contribution in [-0.4, -0.2) is 52.4 Å². The Morgan fingerprint density at radius 1 is 1.16 bits per heavy atom. The van der Waals surface area contributed by atoms with Crippen molar-refractivity contribution >= 4 is 21.8 Å². The molecule has 2 aromatic heterocycles. The van der Waals surface area contributed by atoms with Crippen LogP contribution in [0.5, 0.6) is 5.75 Å². The lowest BCUT2D eigenvalue weighted by atomic mass is 10.1. The molecule has 0 bridgehead atoms. The molecule has 0 saturated carbocycles. The van der Waals surface area contributed by atoms with Crippen LogP contribution in [0.4, 0.5) is 4.39 Å². The van der Waals surface area contributed by atoms with Gasteiger partial charge in [0, 0.05) is 49.1 Å². The minimum Gasteiger partial charge on any atom is -0.508 e. The Balaban J connectivity index is 1.71. The van der Waals surface area contributed by atoms with Crippen LogP contribution < -0.4 is 0 Å². The van der Waals surface area contributed by atoms with Crippen LogP contribution >= 0.6 is 0 Å². The molecule has 1 N–H and O–H groups in total. The first-order valence-electron chi connectivity index (χ1n) is 8.71. The van der Waals surface area contributed by atoms with Crippen LogP contribution in [0.1, 0.15) is 12.1 Å². The number of aryl methyl sites for hydroxylation is 2. The van der Waals surface area contributed by atoms with Crippen LogP contribution in [0.25, 0.3) is 21.8 Å². The first-order valence-corrected chi connectivity index (χ1v) is 8.71. The molecule has 4 rings (SSSR count). The summed E-state index contributed by atoms with van der Waals surface area (Å²) in [7, 11) is 0. The Morgan fingerprint density at radius 3 is 2.76 bits per heavy atom. The van der Waals surface area contributed by atoms with Gasteiger partial charge in [-0.05, 0) is 25.5 Å². The Labute approximate surface area is 145 Å². The molecule has 0 unspecified atom stereocenters. The molecule has 132 valence electrons. The number of hydrogen-bond acceptors (Lipinski definition) is 4. The lowest BCUT2D eigenvalue weighted by Gasteiger charge is -2.26. The molecule has 1 aromatic carbocycles. The number of phenolic OH excluding ortho intramolecular Hbond substituents is 1. The second kappa shape index (κ2) is 6.61. The number of halogens is 1. The fourth-order valence-electron chi connectivity index (χ4n) is 3.77. The largest absolute Gasteiger partial charge is 0.508 e. The van der Waals surface area contributed by atoms with Crippen molar-refractivity contribution in [2.75, 3.05) is 32.8 Å². The molecule has 0 aliphatic carbocycles. The average molecular weight is 343 g/mol. The Hall–Kier alpha value is -2.18. The zero-order chi connectivity index (χ0) is 17.4. The van der Waals surface area contributed by atoms with Gasteiger partial charge in [0.05, 0.1) is 29.9 Å². The number of phenols is 1. The van der Waals surface area contributed by atoms with E-state index in [0.29, 0.717) is 5.69 Å². The molecule has 3 aromatic rings. The Bertz CT molecular complexity index is 916. The lowest BCUT2D eigenvalue weighted by Crippen LogP contribution is -2.37. The zero-order valence-corrected chi connectivity index (χ0v) is 14.3. The smallest absolute Gasteiger partial charge is 0.213 e. The van der Waals surface area contributed by atoms with Crippen molar-refractivity contribution in [1.29, 1.82) is 0 Å². The number of fused-ring (bicyclic) bond motifs is 3. The standard InChI is InChI=1S/C19H22FN3O2/c1-13-19-16(12-18(20)21-13)15-4-3-14(24)11-17(15)23(19)6-2-5-22-7-9-25-10-8-22/h3-4,11-12,24H,2,5-10H2,1H3. The van der Waals surface area contributed by atoms with Crippen LogP contribution in [0.15, 0.2) is 24.3 Å². The van der Waals surface area contributed by atoms with E-state index in [1.807, 2.05) is 13.0 Å². The van der Waals surface area contributed by atoms with Gasteiger partial charge in [-0.3, -0.25) is 4.90 Å². The van der Waals surface area contributed by atoms with Crippen molar-refractivity contribution in [1.82, 2.24) is 14.5 Å². The highest BCUT2D eigenvalue weighted by atomic mass is 19.1. The molecule has 25 heavy (non-hydrogen) atoms.